The lowest BCUT2D eigenvalue weighted by Crippen LogP contribution is -1.92. The van der Waals surface area contributed by atoms with Gasteiger partial charge in [-0.25, -0.2) is 0 Å². The van der Waals surface area contributed by atoms with E-state index < -0.39 is 0 Å². The van der Waals surface area contributed by atoms with Crippen LogP contribution in [0.15, 0.2) is 47.0 Å². The number of fused-ring (bicyclic) bond motifs is 2. The molecule has 2 aromatic rings. The van der Waals surface area contributed by atoms with Crippen molar-refractivity contribution in [1.29, 1.82) is 0 Å². The largest absolute Gasteiger partial charge is 0.286 e. The lowest BCUT2D eigenvalue weighted by Gasteiger charge is -1.99. The van der Waals surface area contributed by atoms with Crippen LogP contribution in [0.4, 0.5) is 0 Å². The first-order valence-electron chi connectivity index (χ1n) is 8.42. The monoisotopic (exact) mass is 326 g/mol. The standard InChI is InChI=1S/C11H12N2.C7H8S.C2H6/c1-12-13-8-10-7-6-9-4-2-3-5-11(9)10;1-2-6-4-5-8-7(6)3-1;1-2/h2-5,8,13H,1,6-7H2;4-5H,1-3H2;1-2H3/b10-8+;;. The normalized spacial score (nSPS) is 15.7. The summed E-state index contributed by atoms with van der Waals surface area (Å²) in [5, 5.41) is 5.79. The Labute approximate surface area is 144 Å². The van der Waals surface area contributed by atoms with Gasteiger partial charge in [-0.1, -0.05) is 38.1 Å². The van der Waals surface area contributed by atoms with Gasteiger partial charge in [-0.3, -0.25) is 5.43 Å². The Balaban J connectivity index is 0.000000164. The average molecular weight is 327 g/mol. The topological polar surface area (TPSA) is 24.4 Å². The van der Waals surface area contributed by atoms with E-state index in [0.29, 0.717) is 0 Å². The van der Waals surface area contributed by atoms with Gasteiger partial charge in [0.2, 0.25) is 0 Å². The van der Waals surface area contributed by atoms with Gasteiger partial charge in [0.25, 0.3) is 0 Å². The summed E-state index contributed by atoms with van der Waals surface area (Å²) in [7, 11) is 0. The number of allylic oxidation sites excluding steroid dienone is 1. The van der Waals surface area contributed by atoms with Gasteiger partial charge >= 0.3 is 0 Å². The number of aryl methyl sites for hydroxylation is 3. The van der Waals surface area contributed by atoms with Crippen LogP contribution in [0.1, 0.15) is 48.3 Å². The van der Waals surface area contributed by atoms with Crippen molar-refractivity contribution in [3.63, 3.8) is 0 Å². The van der Waals surface area contributed by atoms with E-state index in [1.165, 1.54) is 36.0 Å². The average Bonchev–Trinajstić information content (AvgIpc) is 3.31. The predicted molar refractivity (Wildman–Crippen MR) is 103 cm³/mol. The second-order valence-corrected chi connectivity index (χ2v) is 6.34. The number of nitrogens with zero attached hydrogens (tertiary/aromatic N) is 1. The Kier molecular flexibility index (Phi) is 7.08. The molecule has 0 aliphatic heterocycles. The van der Waals surface area contributed by atoms with Crippen molar-refractivity contribution in [1.82, 2.24) is 5.43 Å². The van der Waals surface area contributed by atoms with E-state index in [4.69, 9.17) is 0 Å². The third kappa shape index (κ3) is 4.55. The van der Waals surface area contributed by atoms with Gasteiger partial charge in [0.1, 0.15) is 0 Å². The van der Waals surface area contributed by atoms with Crippen LogP contribution in [-0.4, -0.2) is 6.72 Å². The summed E-state index contributed by atoms with van der Waals surface area (Å²) in [6.07, 6.45) is 8.23. The molecule has 1 N–H and O–H groups in total. The molecule has 122 valence electrons. The Morgan fingerprint density at radius 3 is 2.65 bits per heavy atom. The minimum Gasteiger partial charge on any atom is -0.286 e. The number of hydrogen-bond donors (Lipinski definition) is 1. The molecule has 2 aliphatic carbocycles. The highest BCUT2D eigenvalue weighted by atomic mass is 32.1. The quantitative estimate of drug-likeness (QED) is 0.576. The third-order valence-electron chi connectivity index (χ3n) is 4.04. The zero-order chi connectivity index (χ0) is 16.5. The fraction of sp³-hybridized carbons (Fsp3) is 0.350. The van der Waals surface area contributed by atoms with Crippen molar-refractivity contribution >= 4 is 23.6 Å². The summed E-state index contributed by atoms with van der Waals surface area (Å²) in [5.41, 5.74) is 8.49. The maximum Gasteiger partial charge on any atom is 0.0237 e. The second-order valence-electron chi connectivity index (χ2n) is 5.34. The molecule has 0 amide bonds. The van der Waals surface area contributed by atoms with Gasteiger partial charge < -0.3 is 0 Å². The van der Waals surface area contributed by atoms with Crippen molar-refractivity contribution < 1.29 is 0 Å². The van der Waals surface area contributed by atoms with Crippen LogP contribution in [0.25, 0.3) is 5.57 Å². The molecule has 1 aromatic heterocycles. The van der Waals surface area contributed by atoms with Gasteiger partial charge in [0, 0.05) is 17.8 Å². The van der Waals surface area contributed by atoms with Crippen LogP contribution >= 0.6 is 11.3 Å². The fourth-order valence-electron chi connectivity index (χ4n) is 2.98. The number of rotatable bonds is 2. The van der Waals surface area contributed by atoms with Gasteiger partial charge in [0.15, 0.2) is 0 Å². The van der Waals surface area contributed by atoms with Crippen LogP contribution in [0.3, 0.4) is 0 Å². The molecule has 0 spiro atoms. The van der Waals surface area contributed by atoms with E-state index in [0.717, 1.165) is 12.8 Å². The molecule has 2 aliphatic rings. The number of hydrogen-bond acceptors (Lipinski definition) is 3. The Bertz CT molecular complexity index is 637. The number of benzene rings is 1. The first kappa shape index (κ1) is 17.5. The molecular formula is C20H26N2S. The molecule has 3 heteroatoms. The molecular weight excluding hydrogens is 300 g/mol. The highest BCUT2D eigenvalue weighted by Crippen LogP contribution is 2.31. The molecule has 4 rings (SSSR count). The summed E-state index contributed by atoms with van der Waals surface area (Å²) >= 11 is 1.91. The Morgan fingerprint density at radius 2 is 1.87 bits per heavy atom. The number of hydrazone groups is 1. The van der Waals surface area contributed by atoms with Crippen LogP contribution in [0.5, 0.6) is 0 Å². The molecule has 0 radical (unpaired) electrons. The van der Waals surface area contributed by atoms with Gasteiger partial charge in [-0.2, -0.15) is 5.10 Å². The molecule has 0 saturated carbocycles. The zero-order valence-corrected chi connectivity index (χ0v) is 15.0. The SMILES string of the molecule is C=NN/C=C1\CCc2ccccc21.CC.c1cc2c(s1)CCC2. The van der Waals surface area contributed by atoms with E-state index in [1.54, 1.807) is 10.4 Å². The zero-order valence-electron chi connectivity index (χ0n) is 14.1. The molecule has 0 atom stereocenters. The second kappa shape index (κ2) is 9.31. The summed E-state index contributed by atoms with van der Waals surface area (Å²) < 4.78 is 0. The van der Waals surface area contributed by atoms with Crippen LogP contribution in [0, 0.1) is 0 Å². The molecule has 0 fully saturated rings. The van der Waals surface area contributed by atoms with E-state index in [2.05, 4.69) is 53.0 Å². The molecule has 0 saturated heterocycles. The Morgan fingerprint density at radius 1 is 1.04 bits per heavy atom. The summed E-state index contributed by atoms with van der Waals surface area (Å²) in [6, 6.07) is 10.7. The molecule has 0 bridgehead atoms. The van der Waals surface area contributed by atoms with Crippen LogP contribution in [0.2, 0.25) is 0 Å². The van der Waals surface area contributed by atoms with Gasteiger partial charge in [-0.15, -0.1) is 11.3 Å². The van der Waals surface area contributed by atoms with Gasteiger partial charge in [-0.05, 0) is 65.8 Å². The van der Waals surface area contributed by atoms with E-state index in [-0.39, 0.29) is 0 Å². The molecule has 23 heavy (non-hydrogen) atoms. The third-order valence-corrected chi connectivity index (χ3v) is 5.07. The summed E-state index contributed by atoms with van der Waals surface area (Å²) in [6.45, 7) is 7.37. The maximum atomic E-state index is 3.60. The van der Waals surface area contributed by atoms with Crippen molar-refractivity contribution in [2.24, 2.45) is 5.10 Å². The summed E-state index contributed by atoms with van der Waals surface area (Å²) in [4.78, 5) is 1.63. The first-order valence-corrected chi connectivity index (χ1v) is 9.30. The summed E-state index contributed by atoms with van der Waals surface area (Å²) in [5.74, 6) is 0. The Hall–Kier alpha value is -1.87. The minimum atomic E-state index is 1.10. The van der Waals surface area contributed by atoms with Crippen LogP contribution < -0.4 is 5.43 Å². The van der Waals surface area contributed by atoms with Crippen molar-refractivity contribution in [2.75, 3.05) is 0 Å². The van der Waals surface area contributed by atoms with Gasteiger partial charge in [0.05, 0.1) is 0 Å². The minimum absolute atomic E-state index is 1.10. The lowest BCUT2D eigenvalue weighted by atomic mass is 10.1. The predicted octanol–water partition coefficient (Wildman–Crippen LogP) is 5.44. The van der Waals surface area contributed by atoms with Crippen LogP contribution in [-0.2, 0) is 19.3 Å². The molecule has 0 unspecified atom stereocenters. The molecule has 1 heterocycles. The van der Waals surface area contributed by atoms with E-state index in [9.17, 15) is 0 Å². The van der Waals surface area contributed by atoms with Crippen molar-refractivity contribution in [2.45, 2.75) is 46.0 Å². The molecule has 1 aromatic carbocycles. The molecule has 2 nitrogen and oxygen atoms in total. The van der Waals surface area contributed by atoms with E-state index >= 15 is 0 Å². The number of thiophene rings is 1. The lowest BCUT2D eigenvalue weighted by molar-refractivity contribution is 0.915. The first-order chi connectivity index (χ1) is 11.4. The fourth-order valence-corrected chi connectivity index (χ4v) is 3.96. The maximum absolute atomic E-state index is 3.60. The highest BCUT2D eigenvalue weighted by Gasteiger charge is 2.14. The van der Waals surface area contributed by atoms with E-state index in [1.807, 2.05) is 31.4 Å². The van der Waals surface area contributed by atoms with Crippen molar-refractivity contribution in [3.05, 3.63) is 63.5 Å². The van der Waals surface area contributed by atoms with Crippen molar-refractivity contribution in [3.8, 4) is 0 Å². The number of nitrogens with one attached hydrogen (secondary N) is 1. The smallest absolute Gasteiger partial charge is 0.0237 e. The highest BCUT2D eigenvalue weighted by molar-refractivity contribution is 7.10.